The Labute approximate surface area is 119 Å². The molecule has 1 N–H and O–H groups in total. The number of amides is 1. The summed E-state index contributed by atoms with van der Waals surface area (Å²) in [5.74, 6) is -0.0545. The normalized spacial score (nSPS) is 16.6. The fourth-order valence-electron chi connectivity index (χ4n) is 1.74. The third-order valence-electron chi connectivity index (χ3n) is 2.68. The van der Waals surface area contributed by atoms with Crippen molar-refractivity contribution in [2.75, 3.05) is 38.2 Å². The van der Waals surface area contributed by atoms with Crippen molar-refractivity contribution in [2.45, 2.75) is 0 Å². The van der Waals surface area contributed by atoms with Crippen molar-refractivity contribution >= 4 is 39.1 Å². The summed E-state index contributed by atoms with van der Waals surface area (Å²) in [4.78, 5) is 13.9. The van der Waals surface area contributed by atoms with E-state index >= 15 is 0 Å². The number of anilines is 1. The highest BCUT2D eigenvalue weighted by Crippen LogP contribution is 2.25. The summed E-state index contributed by atoms with van der Waals surface area (Å²) < 4.78 is 6.12. The van der Waals surface area contributed by atoms with Gasteiger partial charge in [0.25, 0.3) is 0 Å². The van der Waals surface area contributed by atoms with Gasteiger partial charge in [-0.2, -0.15) is 0 Å². The maximum absolute atomic E-state index is 11.9. The quantitative estimate of drug-likeness (QED) is 0.923. The summed E-state index contributed by atoms with van der Waals surface area (Å²) in [6.45, 7) is 3.33. The summed E-state index contributed by atoms with van der Waals surface area (Å²) in [5, 5.41) is 3.34. The number of nitrogens with one attached hydrogen (secondary N) is 1. The summed E-state index contributed by atoms with van der Waals surface area (Å²) >= 11 is 9.36. The van der Waals surface area contributed by atoms with E-state index in [2.05, 4.69) is 26.1 Å². The highest BCUT2D eigenvalue weighted by atomic mass is 79.9. The van der Waals surface area contributed by atoms with E-state index in [1.54, 1.807) is 12.1 Å². The Kier molecular flexibility index (Phi) is 5.00. The number of halogens is 2. The average Bonchev–Trinajstić information content (AvgIpc) is 2.34. The van der Waals surface area contributed by atoms with Crippen LogP contribution >= 0.6 is 27.5 Å². The zero-order chi connectivity index (χ0) is 13.0. The van der Waals surface area contributed by atoms with Crippen LogP contribution in [0.4, 0.5) is 5.69 Å². The second-order valence-electron chi connectivity index (χ2n) is 4.06. The molecule has 98 valence electrons. The third kappa shape index (κ3) is 3.95. The second-order valence-corrected chi connectivity index (χ2v) is 5.38. The van der Waals surface area contributed by atoms with Crippen molar-refractivity contribution < 1.29 is 9.53 Å². The summed E-state index contributed by atoms with van der Waals surface area (Å²) in [7, 11) is 0. The van der Waals surface area contributed by atoms with Gasteiger partial charge in [-0.1, -0.05) is 27.5 Å². The largest absolute Gasteiger partial charge is 0.379 e. The first-order valence-electron chi connectivity index (χ1n) is 5.70. The predicted octanol–water partition coefficient (Wildman–Crippen LogP) is 2.37. The SMILES string of the molecule is O=C(CN1CCOCC1)Nc1ccc(Br)cc1Cl. The van der Waals surface area contributed by atoms with Crippen molar-refractivity contribution in [3.63, 3.8) is 0 Å². The van der Waals surface area contributed by atoms with Crippen LogP contribution in [0.5, 0.6) is 0 Å². The minimum Gasteiger partial charge on any atom is -0.379 e. The van der Waals surface area contributed by atoms with Gasteiger partial charge >= 0.3 is 0 Å². The van der Waals surface area contributed by atoms with Crippen LogP contribution in [0.1, 0.15) is 0 Å². The predicted molar refractivity (Wildman–Crippen MR) is 75.0 cm³/mol. The molecular weight excluding hydrogens is 320 g/mol. The van der Waals surface area contributed by atoms with Gasteiger partial charge in [0.15, 0.2) is 0 Å². The number of hydrogen-bond donors (Lipinski definition) is 1. The number of carbonyl (C=O) groups excluding carboxylic acids is 1. The fraction of sp³-hybridized carbons (Fsp3) is 0.417. The van der Waals surface area contributed by atoms with Crippen molar-refractivity contribution in [1.29, 1.82) is 0 Å². The van der Waals surface area contributed by atoms with Gasteiger partial charge in [-0.05, 0) is 18.2 Å². The zero-order valence-corrected chi connectivity index (χ0v) is 12.1. The molecule has 1 heterocycles. The fourth-order valence-corrected chi connectivity index (χ4v) is 2.46. The lowest BCUT2D eigenvalue weighted by Crippen LogP contribution is -2.41. The van der Waals surface area contributed by atoms with Crippen LogP contribution in [0, 0.1) is 0 Å². The lowest BCUT2D eigenvalue weighted by molar-refractivity contribution is -0.118. The van der Waals surface area contributed by atoms with Crippen LogP contribution in [0.15, 0.2) is 22.7 Å². The van der Waals surface area contributed by atoms with Gasteiger partial charge in [0.05, 0.1) is 30.5 Å². The standard InChI is InChI=1S/C12H14BrClN2O2/c13-9-1-2-11(10(14)7-9)15-12(17)8-16-3-5-18-6-4-16/h1-2,7H,3-6,8H2,(H,15,17). The highest BCUT2D eigenvalue weighted by Gasteiger charge is 2.14. The first-order chi connectivity index (χ1) is 8.65. The van der Waals surface area contributed by atoms with Crippen LogP contribution in [0.2, 0.25) is 5.02 Å². The molecule has 0 bridgehead atoms. The molecule has 0 saturated carbocycles. The number of ether oxygens (including phenoxy) is 1. The molecule has 1 aliphatic heterocycles. The Bertz CT molecular complexity index is 436. The highest BCUT2D eigenvalue weighted by molar-refractivity contribution is 9.10. The molecule has 4 nitrogen and oxygen atoms in total. The number of morpholine rings is 1. The molecule has 0 atom stereocenters. The molecule has 1 aromatic rings. The molecule has 0 unspecified atom stereocenters. The molecule has 1 fully saturated rings. The molecule has 0 aliphatic carbocycles. The van der Waals surface area contributed by atoms with Crippen LogP contribution < -0.4 is 5.32 Å². The van der Waals surface area contributed by atoms with E-state index in [1.807, 2.05) is 6.07 Å². The molecule has 2 rings (SSSR count). The molecule has 1 amide bonds. The van der Waals surface area contributed by atoms with E-state index in [1.165, 1.54) is 0 Å². The molecule has 1 saturated heterocycles. The Morgan fingerprint density at radius 2 is 2.17 bits per heavy atom. The monoisotopic (exact) mass is 332 g/mol. The zero-order valence-electron chi connectivity index (χ0n) is 9.79. The molecular formula is C12H14BrClN2O2. The smallest absolute Gasteiger partial charge is 0.238 e. The molecule has 0 aromatic heterocycles. The number of carbonyl (C=O) groups is 1. The van der Waals surface area contributed by atoms with Gasteiger partial charge in [0.1, 0.15) is 0 Å². The van der Waals surface area contributed by atoms with Gasteiger partial charge in [-0.3, -0.25) is 9.69 Å². The molecule has 0 radical (unpaired) electrons. The van der Waals surface area contributed by atoms with E-state index in [9.17, 15) is 4.79 Å². The van der Waals surface area contributed by atoms with E-state index in [-0.39, 0.29) is 5.91 Å². The lowest BCUT2D eigenvalue weighted by Gasteiger charge is -2.25. The lowest BCUT2D eigenvalue weighted by atomic mass is 10.3. The van der Waals surface area contributed by atoms with Crippen LogP contribution in [0.25, 0.3) is 0 Å². The van der Waals surface area contributed by atoms with Crippen LogP contribution in [-0.2, 0) is 9.53 Å². The van der Waals surface area contributed by atoms with Crippen molar-refractivity contribution in [3.05, 3.63) is 27.7 Å². The molecule has 0 spiro atoms. The summed E-state index contributed by atoms with van der Waals surface area (Å²) in [5.41, 5.74) is 0.637. The maximum atomic E-state index is 11.9. The average molecular weight is 334 g/mol. The number of benzene rings is 1. The van der Waals surface area contributed by atoms with E-state index in [0.29, 0.717) is 30.5 Å². The summed E-state index contributed by atoms with van der Waals surface area (Å²) in [6.07, 6.45) is 0. The van der Waals surface area contributed by atoms with E-state index in [4.69, 9.17) is 16.3 Å². The topological polar surface area (TPSA) is 41.6 Å². The van der Waals surface area contributed by atoms with E-state index in [0.717, 1.165) is 17.6 Å². The maximum Gasteiger partial charge on any atom is 0.238 e. The number of rotatable bonds is 3. The van der Waals surface area contributed by atoms with Gasteiger partial charge in [0.2, 0.25) is 5.91 Å². The van der Waals surface area contributed by atoms with Crippen molar-refractivity contribution in [2.24, 2.45) is 0 Å². The molecule has 18 heavy (non-hydrogen) atoms. The Morgan fingerprint density at radius 3 is 2.83 bits per heavy atom. The van der Waals surface area contributed by atoms with Crippen LogP contribution in [0.3, 0.4) is 0 Å². The molecule has 1 aromatic carbocycles. The summed E-state index contributed by atoms with van der Waals surface area (Å²) in [6, 6.07) is 5.38. The number of nitrogens with zero attached hydrogens (tertiary/aromatic N) is 1. The van der Waals surface area contributed by atoms with Crippen LogP contribution in [-0.4, -0.2) is 43.7 Å². The minimum absolute atomic E-state index is 0.0545. The number of hydrogen-bond acceptors (Lipinski definition) is 3. The Morgan fingerprint density at radius 1 is 1.44 bits per heavy atom. The Balaban J connectivity index is 1.90. The Hall–Kier alpha value is -0.620. The third-order valence-corrected chi connectivity index (χ3v) is 3.48. The molecule has 6 heteroatoms. The first-order valence-corrected chi connectivity index (χ1v) is 6.87. The van der Waals surface area contributed by atoms with E-state index < -0.39 is 0 Å². The molecule has 1 aliphatic rings. The van der Waals surface area contributed by atoms with Gasteiger partial charge in [0, 0.05) is 17.6 Å². The first kappa shape index (κ1) is 13.8. The second kappa shape index (κ2) is 6.52. The van der Waals surface area contributed by atoms with Gasteiger partial charge in [-0.25, -0.2) is 0 Å². The van der Waals surface area contributed by atoms with Crippen molar-refractivity contribution in [1.82, 2.24) is 4.90 Å². The van der Waals surface area contributed by atoms with Gasteiger partial charge in [-0.15, -0.1) is 0 Å². The van der Waals surface area contributed by atoms with Crippen molar-refractivity contribution in [3.8, 4) is 0 Å². The minimum atomic E-state index is -0.0545. The van der Waals surface area contributed by atoms with Gasteiger partial charge < -0.3 is 10.1 Å².